The third-order valence-electron chi connectivity index (χ3n) is 3.32. The highest BCUT2D eigenvalue weighted by Crippen LogP contribution is 2.28. The highest BCUT2D eigenvalue weighted by Gasteiger charge is 2.20. The van der Waals surface area contributed by atoms with Gasteiger partial charge in [-0.1, -0.05) is 48.0 Å². The number of carbonyl (C=O) groups is 1. The van der Waals surface area contributed by atoms with Crippen LogP contribution in [0.1, 0.15) is 10.4 Å². The Morgan fingerprint density at radius 1 is 1.29 bits per heavy atom. The number of halogens is 1. The van der Waals surface area contributed by atoms with Crippen molar-refractivity contribution in [1.82, 2.24) is 9.97 Å². The molecule has 0 aliphatic carbocycles. The van der Waals surface area contributed by atoms with Crippen LogP contribution in [0.25, 0.3) is 11.3 Å². The zero-order valence-corrected chi connectivity index (χ0v) is 14.3. The lowest BCUT2D eigenvalue weighted by atomic mass is 10.2. The maximum atomic E-state index is 12.8. The summed E-state index contributed by atoms with van der Waals surface area (Å²) in [5.41, 5.74) is 2.32. The van der Waals surface area contributed by atoms with E-state index in [2.05, 4.69) is 16.5 Å². The molecule has 2 heterocycles. The van der Waals surface area contributed by atoms with Crippen LogP contribution in [-0.4, -0.2) is 22.4 Å². The molecule has 1 aromatic carbocycles. The average molecular weight is 356 g/mol. The molecule has 2 aromatic heterocycles. The van der Waals surface area contributed by atoms with Crippen molar-refractivity contribution in [3.8, 4) is 11.3 Å². The fourth-order valence-electron chi connectivity index (χ4n) is 2.20. The summed E-state index contributed by atoms with van der Waals surface area (Å²) in [6, 6.07) is 13.0. The Morgan fingerprint density at radius 2 is 2.08 bits per heavy atom. The minimum Gasteiger partial charge on any atom is -0.280 e. The summed E-state index contributed by atoms with van der Waals surface area (Å²) in [6.07, 6.45) is 3.18. The molecule has 0 bridgehead atoms. The van der Waals surface area contributed by atoms with Gasteiger partial charge >= 0.3 is 0 Å². The molecule has 1 amide bonds. The molecule has 120 valence electrons. The minimum atomic E-state index is -0.187. The number of thiazole rings is 1. The summed E-state index contributed by atoms with van der Waals surface area (Å²) in [5, 5.41) is 2.84. The van der Waals surface area contributed by atoms with Gasteiger partial charge in [0, 0.05) is 29.2 Å². The third-order valence-corrected chi connectivity index (χ3v) is 4.39. The number of hydrogen-bond acceptors (Lipinski definition) is 4. The second kappa shape index (κ2) is 7.38. The molecule has 0 atom stereocenters. The first-order chi connectivity index (χ1) is 11.7. The fourth-order valence-corrected chi connectivity index (χ4v) is 3.21. The van der Waals surface area contributed by atoms with E-state index in [1.807, 2.05) is 35.7 Å². The van der Waals surface area contributed by atoms with Crippen molar-refractivity contribution >= 4 is 34.0 Å². The summed E-state index contributed by atoms with van der Waals surface area (Å²) in [5.74, 6) is -0.187. The van der Waals surface area contributed by atoms with Gasteiger partial charge in [0.05, 0.1) is 5.69 Å². The molecule has 24 heavy (non-hydrogen) atoms. The molecular formula is C18H14ClN3OS. The van der Waals surface area contributed by atoms with Gasteiger partial charge in [-0.2, -0.15) is 0 Å². The molecule has 0 radical (unpaired) electrons. The van der Waals surface area contributed by atoms with Crippen LogP contribution in [0.2, 0.25) is 5.15 Å². The summed E-state index contributed by atoms with van der Waals surface area (Å²) < 4.78 is 0. The van der Waals surface area contributed by atoms with E-state index in [9.17, 15) is 4.79 Å². The number of carbonyl (C=O) groups excluding carboxylic acids is 1. The molecule has 0 spiro atoms. The lowest BCUT2D eigenvalue weighted by Crippen LogP contribution is -2.31. The number of amides is 1. The van der Waals surface area contributed by atoms with Crippen molar-refractivity contribution in [2.24, 2.45) is 0 Å². The van der Waals surface area contributed by atoms with Gasteiger partial charge in [0.1, 0.15) is 5.15 Å². The monoisotopic (exact) mass is 355 g/mol. The van der Waals surface area contributed by atoms with Crippen molar-refractivity contribution in [1.29, 1.82) is 0 Å². The van der Waals surface area contributed by atoms with E-state index in [1.54, 1.807) is 23.1 Å². The van der Waals surface area contributed by atoms with Crippen LogP contribution in [0.5, 0.6) is 0 Å². The van der Waals surface area contributed by atoms with Gasteiger partial charge in [-0.25, -0.2) is 9.97 Å². The highest BCUT2D eigenvalue weighted by molar-refractivity contribution is 7.14. The molecule has 3 rings (SSSR count). The van der Waals surface area contributed by atoms with Gasteiger partial charge in [0.15, 0.2) is 5.13 Å². The normalized spacial score (nSPS) is 10.4. The summed E-state index contributed by atoms with van der Waals surface area (Å²) in [4.78, 5) is 22.9. The van der Waals surface area contributed by atoms with E-state index in [1.165, 1.54) is 17.5 Å². The van der Waals surface area contributed by atoms with Crippen LogP contribution in [-0.2, 0) is 0 Å². The minimum absolute atomic E-state index is 0.187. The fraction of sp³-hybridized carbons (Fsp3) is 0.0556. The lowest BCUT2D eigenvalue weighted by Gasteiger charge is -2.18. The molecule has 4 nitrogen and oxygen atoms in total. The first-order valence-electron chi connectivity index (χ1n) is 7.24. The smallest absolute Gasteiger partial charge is 0.260 e. The van der Waals surface area contributed by atoms with Gasteiger partial charge in [-0.05, 0) is 12.1 Å². The molecule has 0 aliphatic rings. The lowest BCUT2D eigenvalue weighted by molar-refractivity contribution is 0.0989. The quantitative estimate of drug-likeness (QED) is 0.492. The number of rotatable bonds is 5. The maximum absolute atomic E-state index is 12.8. The standard InChI is InChI=1S/C18H14ClN3OS/c1-2-10-22(17(23)14-8-9-20-16(19)11-14)18-21-15(12-24-18)13-6-4-3-5-7-13/h2-9,11-12H,1,10H2. The van der Waals surface area contributed by atoms with E-state index in [-0.39, 0.29) is 11.1 Å². The van der Waals surface area contributed by atoms with Crippen LogP contribution >= 0.6 is 22.9 Å². The molecule has 0 saturated carbocycles. The zero-order chi connectivity index (χ0) is 16.9. The van der Waals surface area contributed by atoms with Crippen LogP contribution in [0.3, 0.4) is 0 Å². The molecule has 0 saturated heterocycles. The summed E-state index contributed by atoms with van der Waals surface area (Å²) in [7, 11) is 0. The van der Waals surface area contributed by atoms with Gasteiger partial charge in [-0.3, -0.25) is 9.69 Å². The number of benzene rings is 1. The first-order valence-corrected chi connectivity index (χ1v) is 8.50. The SMILES string of the molecule is C=CCN(C(=O)c1ccnc(Cl)c1)c1nc(-c2ccccc2)cs1. The Bertz CT molecular complexity index is 863. The van der Waals surface area contributed by atoms with Crippen LogP contribution in [0, 0.1) is 0 Å². The Labute approximate surface area is 149 Å². The molecule has 0 unspecified atom stereocenters. The number of hydrogen-bond donors (Lipinski definition) is 0. The third kappa shape index (κ3) is 3.53. The second-order valence-corrected chi connectivity index (χ2v) is 6.18. The Morgan fingerprint density at radius 3 is 2.79 bits per heavy atom. The Kier molecular flexibility index (Phi) is 5.03. The molecule has 0 N–H and O–H groups in total. The molecule has 0 aliphatic heterocycles. The van der Waals surface area contributed by atoms with Gasteiger partial charge < -0.3 is 0 Å². The van der Waals surface area contributed by atoms with Crippen LogP contribution < -0.4 is 4.90 Å². The summed E-state index contributed by atoms with van der Waals surface area (Å²) >= 11 is 7.30. The molecular weight excluding hydrogens is 342 g/mol. The Balaban J connectivity index is 1.93. The predicted molar refractivity (Wildman–Crippen MR) is 98.7 cm³/mol. The van der Waals surface area contributed by atoms with E-state index < -0.39 is 0 Å². The van der Waals surface area contributed by atoms with Crippen molar-refractivity contribution in [2.45, 2.75) is 0 Å². The largest absolute Gasteiger partial charge is 0.280 e. The number of aromatic nitrogens is 2. The van der Waals surface area contributed by atoms with Gasteiger partial charge in [0.2, 0.25) is 0 Å². The summed E-state index contributed by atoms with van der Waals surface area (Å²) in [6.45, 7) is 4.09. The predicted octanol–water partition coefficient (Wildman–Crippen LogP) is 4.69. The average Bonchev–Trinajstić information content (AvgIpc) is 3.09. The van der Waals surface area contributed by atoms with Crippen molar-refractivity contribution in [3.05, 3.63) is 77.4 Å². The number of anilines is 1. The second-order valence-electron chi connectivity index (χ2n) is 4.95. The maximum Gasteiger partial charge on any atom is 0.260 e. The van der Waals surface area contributed by atoms with Crippen molar-refractivity contribution < 1.29 is 4.79 Å². The van der Waals surface area contributed by atoms with Crippen molar-refractivity contribution in [3.63, 3.8) is 0 Å². The van der Waals surface area contributed by atoms with Gasteiger partial charge in [0.25, 0.3) is 5.91 Å². The van der Waals surface area contributed by atoms with Crippen LogP contribution in [0.15, 0.2) is 66.7 Å². The first kappa shape index (κ1) is 16.4. The molecule has 3 aromatic rings. The van der Waals surface area contributed by atoms with Gasteiger partial charge in [-0.15, -0.1) is 17.9 Å². The molecule has 0 fully saturated rings. The topological polar surface area (TPSA) is 46.1 Å². The van der Waals surface area contributed by atoms with Crippen LogP contribution in [0.4, 0.5) is 5.13 Å². The zero-order valence-electron chi connectivity index (χ0n) is 12.7. The molecule has 6 heteroatoms. The van der Waals surface area contributed by atoms with E-state index in [4.69, 9.17) is 11.6 Å². The van der Waals surface area contributed by atoms with Crippen molar-refractivity contribution in [2.75, 3.05) is 11.4 Å². The highest BCUT2D eigenvalue weighted by atomic mass is 35.5. The van der Waals surface area contributed by atoms with E-state index >= 15 is 0 Å². The van der Waals surface area contributed by atoms with E-state index in [0.29, 0.717) is 17.2 Å². The van der Waals surface area contributed by atoms with E-state index in [0.717, 1.165) is 11.3 Å². The Hall–Kier alpha value is -2.50. The number of pyridine rings is 1. The number of nitrogens with zero attached hydrogens (tertiary/aromatic N) is 3.